The molecule has 8 heteroatoms. The Morgan fingerprint density at radius 3 is 3.04 bits per heavy atom. The van der Waals surface area contributed by atoms with Crippen molar-refractivity contribution in [2.45, 2.75) is 32.2 Å². The molecule has 138 valence electrons. The van der Waals surface area contributed by atoms with E-state index in [2.05, 4.69) is 33.5 Å². The van der Waals surface area contributed by atoms with Gasteiger partial charge in [-0.2, -0.15) is 5.10 Å². The molecule has 3 rings (SSSR count). The van der Waals surface area contributed by atoms with E-state index in [1.54, 1.807) is 7.11 Å². The summed E-state index contributed by atoms with van der Waals surface area (Å²) in [6, 6.07) is 4.18. The van der Waals surface area contributed by atoms with Crippen LogP contribution < -0.4 is 5.32 Å². The summed E-state index contributed by atoms with van der Waals surface area (Å²) in [5.74, 6) is 0.734. The lowest BCUT2D eigenvalue weighted by molar-refractivity contribution is -0.0719. The summed E-state index contributed by atoms with van der Waals surface area (Å²) in [5.41, 5.74) is 2.05. The average Bonchev–Trinajstić information content (AvgIpc) is 3.24. The van der Waals surface area contributed by atoms with Gasteiger partial charge in [0.05, 0.1) is 30.1 Å². The van der Waals surface area contributed by atoms with E-state index in [0.29, 0.717) is 13.2 Å². The summed E-state index contributed by atoms with van der Waals surface area (Å²) in [5, 5.41) is 11.8. The number of hydrogen-bond donors (Lipinski definition) is 1. The molecule has 2 aromatic rings. The van der Waals surface area contributed by atoms with Crippen LogP contribution in [0.25, 0.3) is 0 Å². The normalized spacial score (nSPS) is 21.7. The van der Waals surface area contributed by atoms with Gasteiger partial charge in [-0.1, -0.05) is 12.1 Å². The quantitative estimate of drug-likeness (QED) is 0.765. The van der Waals surface area contributed by atoms with Gasteiger partial charge < -0.3 is 19.3 Å². The molecular formula is C17H27N5O3. The van der Waals surface area contributed by atoms with Crippen molar-refractivity contribution in [3.8, 4) is 0 Å². The van der Waals surface area contributed by atoms with Crippen LogP contribution in [0, 0.1) is 0 Å². The summed E-state index contributed by atoms with van der Waals surface area (Å²) < 4.78 is 18.3. The predicted octanol–water partition coefficient (Wildman–Crippen LogP) is 1.11. The summed E-state index contributed by atoms with van der Waals surface area (Å²) in [6.45, 7) is 6.66. The zero-order chi connectivity index (χ0) is 17.6. The number of aromatic nitrogens is 3. The number of hydrogen-bond acceptors (Lipinski definition) is 7. The Morgan fingerprint density at radius 2 is 2.32 bits per heavy atom. The second kappa shape index (κ2) is 8.57. The monoisotopic (exact) mass is 349 g/mol. The van der Waals surface area contributed by atoms with Crippen molar-refractivity contribution >= 4 is 0 Å². The molecule has 0 spiro atoms. The first-order chi connectivity index (χ1) is 12.2. The molecule has 0 aliphatic carbocycles. The van der Waals surface area contributed by atoms with Crippen molar-refractivity contribution in [1.29, 1.82) is 0 Å². The largest absolute Gasteiger partial charge is 0.377 e. The Morgan fingerprint density at radius 1 is 1.44 bits per heavy atom. The molecule has 3 heterocycles. The first-order valence-corrected chi connectivity index (χ1v) is 8.70. The number of likely N-dealkylation sites (N-methyl/N-ethyl adjacent to an activating group) is 1. The number of aryl methyl sites for hydroxylation is 1. The van der Waals surface area contributed by atoms with Gasteiger partial charge >= 0.3 is 0 Å². The highest BCUT2D eigenvalue weighted by molar-refractivity contribution is 5.11. The van der Waals surface area contributed by atoms with Crippen molar-refractivity contribution in [1.82, 2.24) is 25.2 Å². The summed E-state index contributed by atoms with van der Waals surface area (Å²) in [6.07, 6.45) is 1.91. The third kappa shape index (κ3) is 4.27. The van der Waals surface area contributed by atoms with Crippen molar-refractivity contribution in [2.24, 2.45) is 7.05 Å². The maximum atomic E-state index is 6.07. The van der Waals surface area contributed by atoms with E-state index in [-0.39, 0.29) is 12.1 Å². The fourth-order valence-corrected chi connectivity index (χ4v) is 3.36. The van der Waals surface area contributed by atoms with E-state index in [1.807, 2.05) is 24.0 Å². The maximum Gasteiger partial charge on any atom is 0.162 e. The minimum absolute atomic E-state index is 0.0643. The van der Waals surface area contributed by atoms with Gasteiger partial charge in [-0.3, -0.25) is 9.58 Å². The first kappa shape index (κ1) is 18.1. The number of nitrogens with one attached hydrogen (secondary N) is 1. The first-order valence-electron chi connectivity index (χ1n) is 8.70. The molecule has 0 saturated carbocycles. The fourth-order valence-electron chi connectivity index (χ4n) is 3.36. The number of rotatable bonds is 8. The molecule has 1 saturated heterocycles. The fraction of sp³-hybridized carbons (Fsp3) is 0.647. The molecule has 2 atom stereocenters. The highest BCUT2D eigenvalue weighted by Crippen LogP contribution is 2.28. The van der Waals surface area contributed by atoms with Crippen LogP contribution in [-0.4, -0.2) is 59.3 Å². The third-order valence-electron chi connectivity index (χ3n) is 4.57. The second-order valence-corrected chi connectivity index (χ2v) is 6.21. The Balaban J connectivity index is 1.61. The molecule has 8 nitrogen and oxygen atoms in total. The van der Waals surface area contributed by atoms with Crippen molar-refractivity contribution in [3.63, 3.8) is 0 Å². The van der Waals surface area contributed by atoms with Crippen molar-refractivity contribution < 1.29 is 14.0 Å². The molecule has 0 aromatic carbocycles. The smallest absolute Gasteiger partial charge is 0.162 e. The lowest BCUT2D eigenvalue weighted by Gasteiger charge is -2.40. The summed E-state index contributed by atoms with van der Waals surface area (Å²) in [7, 11) is 3.62. The summed E-state index contributed by atoms with van der Waals surface area (Å²) in [4.78, 5) is 2.44. The number of methoxy groups -OCH3 is 1. The lowest BCUT2D eigenvalue weighted by Crippen LogP contribution is -2.49. The van der Waals surface area contributed by atoms with Gasteiger partial charge in [0.2, 0.25) is 0 Å². The highest BCUT2D eigenvalue weighted by Gasteiger charge is 2.34. The minimum atomic E-state index is 0.0643. The van der Waals surface area contributed by atoms with Crippen LogP contribution in [0.15, 0.2) is 22.9 Å². The highest BCUT2D eigenvalue weighted by atomic mass is 16.5. The molecule has 0 bridgehead atoms. The van der Waals surface area contributed by atoms with Gasteiger partial charge in [0.25, 0.3) is 0 Å². The molecule has 1 fully saturated rings. The molecule has 2 aromatic heterocycles. The molecule has 1 aliphatic rings. The van der Waals surface area contributed by atoms with Crippen molar-refractivity contribution in [2.75, 3.05) is 33.4 Å². The van der Waals surface area contributed by atoms with E-state index in [4.69, 9.17) is 14.0 Å². The predicted molar refractivity (Wildman–Crippen MR) is 91.9 cm³/mol. The van der Waals surface area contributed by atoms with Gasteiger partial charge in [0.1, 0.15) is 6.61 Å². The Hall–Kier alpha value is -1.74. The average molecular weight is 349 g/mol. The van der Waals surface area contributed by atoms with Crippen LogP contribution in [0.1, 0.15) is 30.1 Å². The maximum absolute atomic E-state index is 6.07. The van der Waals surface area contributed by atoms with Crippen LogP contribution in [0.2, 0.25) is 0 Å². The third-order valence-corrected chi connectivity index (χ3v) is 4.57. The van der Waals surface area contributed by atoms with Gasteiger partial charge in [0, 0.05) is 46.1 Å². The van der Waals surface area contributed by atoms with Gasteiger partial charge in [-0.15, -0.1) is 0 Å². The topological polar surface area (TPSA) is 77.6 Å². The van der Waals surface area contributed by atoms with Crippen LogP contribution in [0.4, 0.5) is 0 Å². The lowest BCUT2D eigenvalue weighted by atomic mass is 10.0. The minimum Gasteiger partial charge on any atom is -0.377 e. The van der Waals surface area contributed by atoms with E-state index >= 15 is 0 Å². The number of ether oxygens (including phenoxy) is 2. The van der Waals surface area contributed by atoms with Crippen LogP contribution >= 0.6 is 0 Å². The molecule has 25 heavy (non-hydrogen) atoms. The Bertz CT molecular complexity index is 656. The van der Waals surface area contributed by atoms with Gasteiger partial charge in [-0.05, 0) is 12.6 Å². The molecule has 0 unspecified atom stereocenters. The van der Waals surface area contributed by atoms with E-state index in [9.17, 15) is 0 Å². The van der Waals surface area contributed by atoms with Crippen LogP contribution in [0.5, 0.6) is 0 Å². The Kier molecular flexibility index (Phi) is 6.19. The molecule has 1 N–H and O–H groups in total. The van der Waals surface area contributed by atoms with Crippen LogP contribution in [0.3, 0.4) is 0 Å². The molecule has 0 radical (unpaired) electrons. The molecule has 1 aliphatic heterocycles. The van der Waals surface area contributed by atoms with Gasteiger partial charge in [0.15, 0.2) is 5.76 Å². The zero-order valence-electron chi connectivity index (χ0n) is 15.1. The molecular weight excluding hydrogens is 322 g/mol. The zero-order valence-corrected chi connectivity index (χ0v) is 15.1. The van der Waals surface area contributed by atoms with Crippen LogP contribution in [-0.2, 0) is 29.7 Å². The standard InChI is InChI=1S/C17H27N5O3/c1-4-22-7-8-24-16(17(22)15-5-6-19-21(15)2)11-18-10-13-9-14(12-23-3)25-20-13/h5-6,9,16-18H,4,7-8,10-12H2,1-3H3/t16-,17-/m0/s1. The Labute approximate surface area is 148 Å². The van der Waals surface area contributed by atoms with E-state index in [0.717, 1.165) is 37.7 Å². The second-order valence-electron chi connectivity index (χ2n) is 6.21. The number of nitrogens with zero attached hydrogens (tertiary/aromatic N) is 4. The summed E-state index contributed by atoms with van der Waals surface area (Å²) >= 11 is 0. The van der Waals surface area contributed by atoms with E-state index in [1.165, 1.54) is 5.69 Å². The van der Waals surface area contributed by atoms with E-state index < -0.39 is 0 Å². The van der Waals surface area contributed by atoms with Crippen molar-refractivity contribution in [3.05, 3.63) is 35.5 Å². The van der Waals surface area contributed by atoms with Gasteiger partial charge in [-0.25, -0.2) is 0 Å². The molecule has 0 amide bonds. The number of morpholine rings is 1. The SMILES string of the molecule is CCN1CCO[C@@H](CNCc2cc(COC)on2)[C@@H]1c1ccnn1C.